The lowest BCUT2D eigenvalue weighted by molar-refractivity contribution is -0.228. The van der Waals surface area contributed by atoms with E-state index in [0.717, 1.165) is 0 Å². The van der Waals surface area contributed by atoms with Crippen LogP contribution in [0.3, 0.4) is 0 Å². The average Bonchev–Trinajstić information content (AvgIpc) is 2.30. The molecular formula is C11H13F4NO. The van der Waals surface area contributed by atoms with Crippen molar-refractivity contribution in [1.29, 1.82) is 0 Å². The van der Waals surface area contributed by atoms with Crippen molar-refractivity contribution >= 4 is 0 Å². The fourth-order valence-electron chi connectivity index (χ4n) is 1.13. The summed E-state index contributed by atoms with van der Waals surface area (Å²) in [7, 11) is 0. The monoisotopic (exact) mass is 251 g/mol. The van der Waals surface area contributed by atoms with Gasteiger partial charge in [0, 0.05) is 0 Å². The molecule has 0 aliphatic rings. The molecule has 0 spiro atoms. The number of ether oxygens (including phenoxy) is 1. The Hall–Kier alpha value is -1.14. The lowest BCUT2D eigenvalue weighted by atomic mass is 10.2. The highest BCUT2D eigenvalue weighted by Crippen LogP contribution is 2.33. The van der Waals surface area contributed by atoms with Gasteiger partial charge in [0.2, 0.25) is 0 Å². The zero-order valence-corrected chi connectivity index (χ0v) is 9.01. The van der Waals surface area contributed by atoms with E-state index in [-0.39, 0.29) is 6.61 Å². The van der Waals surface area contributed by atoms with Gasteiger partial charge < -0.3 is 10.5 Å². The van der Waals surface area contributed by atoms with Crippen LogP contribution in [0.5, 0.6) is 0 Å². The Kier molecular flexibility index (Phi) is 4.47. The van der Waals surface area contributed by atoms with Crippen LogP contribution >= 0.6 is 0 Å². The summed E-state index contributed by atoms with van der Waals surface area (Å²) in [6, 6.07) is 8.45. The minimum Gasteiger partial charge on any atom is -0.370 e. The highest BCUT2D eigenvalue weighted by Gasteiger charge is 2.55. The van der Waals surface area contributed by atoms with E-state index < -0.39 is 25.0 Å². The number of hydrogen-bond acceptors (Lipinski definition) is 2. The summed E-state index contributed by atoms with van der Waals surface area (Å²) in [5.74, 6) is -8.50. The molecule has 1 rings (SSSR count). The van der Waals surface area contributed by atoms with Crippen LogP contribution in [-0.2, 0) is 11.3 Å². The maximum atomic E-state index is 12.9. The van der Waals surface area contributed by atoms with Crippen LogP contribution in [-0.4, -0.2) is 25.0 Å². The molecule has 0 saturated carbocycles. The minimum absolute atomic E-state index is 0.142. The van der Waals surface area contributed by atoms with Crippen LogP contribution in [0.4, 0.5) is 17.6 Å². The van der Waals surface area contributed by atoms with Gasteiger partial charge in [-0.1, -0.05) is 30.3 Å². The summed E-state index contributed by atoms with van der Waals surface area (Å²) in [5, 5.41) is 0. The molecule has 0 aromatic heterocycles. The van der Waals surface area contributed by atoms with Crippen LogP contribution < -0.4 is 5.73 Å². The molecule has 0 aliphatic carbocycles. The highest BCUT2D eigenvalue weighted by atomic mass is 19.3. The SMILES string of the molecule is NCC(F)(F)C(F)(F)COCc1ccccc1. The molecule has 2 N–H and O–H groups in total. The van der Waals surface area contributed by atoms with Gasteiger partial charge in [-0.2, -0.15) is 17.6 Å². The fraction of sp³-hybridized carbons (Fsp3) is 0.455. The van der Waals surface area contributed by atoms with E-state index in [1.54, 1.807) is 30.3 Å². The topological polar surface area (TPSA) is 35.2 Å². The minimum atomic E-state index is -4.25. The van der Waals surface area contributed by atoms with E-state index in [9.17, 15) is 17.6 Å². The number of rotatable bonds is 6. The number of alkyl halides is 4. The summed E-state index contributed by atoms with van der Waals surface area (Å²) in [5.41, 5.74) is 5.23. The van der Waals surface area contributed by atoms with Crippen molar-refractivity contribution in [1.82, 2.24) is 0 Å². The summed E-state index contributed by atoms with van der Waals surface area (Å²) < 4.78 is 55.9. The van der Waals surface area contributed by atoms with Crippen molar-refractivity contribution in [2.75, 3.05) is 13.2 Å². The van der Waals surface area contributed by atoms with Crippen molar-refractivity contribution < 1.29 is 22.3 Å². The molecule has 1 aromatic rings. The first kappa shape index (κ1) is 13.9. The van der Waals surface area contributed by atoms with Gasteiger partial charge >= 0.3 is 11.8 Å². The third-order valence-corrected chi connectivity index (χ3v) is 2.19. The second-order valence-corrected chi connectivity index (χ2v) is 3.59. The normalized spacial score (nSPS) is 12.8. The molecule has 0 saturated heterocycles. The van der Waals surface area contributed by atoms with Gasteiger partial charge in [-0.25, -0.2) is 0 Å². The first-order valence-electron chi connectivity index (χ1n) is 4.96. The summed E-state index contributed by atoms with van der Waals surface area (Å²) in [4.78, 5) is 0. The fourth-order valence-corrected chi connectivity index (χ4v) is 1.13. The zero-order chi connectivity index (χ0) is 12.9. The Balaban J connectivity index is 2.46. The van der Waals surface area contributed by atoms with Crippen LogP contribution in [0.25, 0.3) is 0 Å². The molecule has 2 nitrogen and oxygen atoms in total. The van der Waals surface area contributed by atoms with E-state index in [1.807, 2.05) is 0 Å². The maximum absolute atomic E-state index is 12.9. The van der Waals surface area contributed by atoms with Gasteiger partial charge in [0.25, 0.3) is 0 Å². The van der Waals surface area contributed by atoms with Crippen molar-refractivity contribution in [3.63, 3.8) is 0 Å². The first-order chi connectivity index (χ1) is 7.89. The van der Waals surface area contributed by atoms with Gasteiger partial charge in [0.05, 0.1) is 13.2 Å². The molecule has 96 valence electrons. The molecule has 0 fully saturated rings. The van der Waals surface area contributed by atoms with Crippen molar-refractivity contribution in [2.45, 2.75) is 18.5 Å². The average molecular weight is 251 g/mol. The second-order valence-electron chi connectivity index (χ2n) is 3.59. The first-order valence-corrected chi connectivity index (χ1v) is 4.96. The van der Waals surface area contributed by atoms with Crippen LogP contribution in [0.1, 0.15) is 5.56 Å². The molecule has 0 amide bonds. The Morgan fingerprint density at radius 3 is 2.12 bits per heavy atom. The zero-order valence-electron chi connectivity index (χ0n) is 9.01. The lowest BCUT2D eigenvalue weighted by Gasteiger charge is -2.24. The molecule has 0 bridgehead atoms. The largest absolute Gasteiger partial charge is 0.370 e. The Bertz CT molecular complexity index is 343. The summed E-state index contributed by atoms with van der Waals surface area (Å²) in [6.45, 7) is -2.90. The summed E-state index contributed by atoms with van der Waals surface area (Å²) in [6.07, 6.45) is 0. The molecule has 1 aromatic carbocycles. The molecule has 0 aliphatic heterocycles. The van der Waals surface area contributed by atoms with E-state index in [4.69, 9.17) is 0 Å². The summed E-state index contributed by atoms with van der Waals surface area (Å²) >= 11 is 0. The molecule has 6 heteroatoms. The lowest BCUT2D eigenvalue weighted by Crippen LogP contribution is -2.49. The quantitative estimate of drug-likeness (QED) is 0.788. The van der Waals surface area contributed by atoms with E-state index in [1.165, 1.54) is 0 Å². The van der Waals surface area contributed by atoms with Crippen molar-refractivity contribution in [2.24, 2.45) is 5.73 Å². The molecule has 0 unspecified atom stereocenters. The molecule has 0 heterocycles. The Labute approximate surface area is 96.4 Å². The van der Waals surface area contributed by atoms with E-state index >= 15 is 0 Å². The number of halogens is 4. The van der Waals surface area contributed by atoms with Crippen LogP contribution in [0, 0.1) is 0 Å². The maximum Gasteiger partial charge on any atom is 0.334 e. The van der Waals surface area contributed by atoms with Gasteiger partial charge in [-0.15, -0.1) is 0 Å². The van der Waals surface area contributed by atoms with E-state index in [2.05, 4.69) is 10.5 Å². The van der Waals surface area contributed by atoms with Gasteiger partial charge in [0.1, 0.15) is 6.61 Å². The third kappa shape index (κ3) is 3.67. The second kappa shape index (κ2) is 5.46. The Morgan fingerprint density at radius 1 is 1.00 bits per heavy atom. The van der Waals surface area contributed by atoms with Crippen molar-refractivity contribution in [3.05, 3.63) is 35.9 Å². The Morgan fingerprint density at radius 2 is 1.59 bits per heavy atom. The standard InChI is InChI=1S/C11H13F4NO/c12-10(13,7-16)11(14,15)8-17-6-9-4-2-1-3-5-9/h1-5H,6-8,16H2. The molecule has 0 atom stereocenters. The van der Waals surface area contributed by atoms with Gasteiger partial charge in [-0.3, -0.25) is 0 Å². The molecule has 0 radical (unpaired) electrons. The van der Waals surface area contributed by atoms with Gasteiger partial charge in [0.15, 0.2) is 0 Å². The molecular weight excluding hydrogens is 238 g/mol. The number of benzene rings is 1. The highest BCUT2D eigenvalue weighted by molar-refractivity contribution is 5.13. The van der Waals surface area contributed by atoms with Crippen LogP contribution in [0.15, 0.2) is 30.3 Å². The van der Waals surface area contributed by atoms with Gasteiger partial charge in [-0.05, 0) is 5.56 Å². The molecule has 17 heavy (non-hydrogen) atoms. The predicted octanol–water partition coefficient (Wildman–Crippen LogP) is 2.43. The third-order valence-electron chi connectivity index (χ3n) is 2.19. The van der Waals surface area contributed by atoms with E-state index in [0.29, 0.717) is 5.56 Å². The number of hydrogen-bond donors (Lipinski definition) is 1. The smallest absolute Gasteiger partial charge is 0.334 e. The predicted molar refractivity (Wildman–Crippen MR) is 55.0 cm³/mol. The number of nitrogens with two attached hydrogens (primary N) is 1. The van der Waals surface area contributed by atoms with Crippen LogP contribution in [0.2, 0.25) is 0 Å². The van der Waals surface area contributed by atoms with Crippen molar-refractivity contribution in [3.8, 4) is 0 Å².